The molecule has 118 valence electrons. The van der Waals surface area contributed by atoms with Crippen molar-refractivity contribution in [1.82, 2.24) is 9.88 Å². The minimum absolute atomic E-state index is 0.0763. The predicted molar refractivity (Wildman–Crippen MR) is 92.6 cm³/mol. The van der Waals surface area contributed by atoms with Crippen LogP contribution in [-0.2, 0) is 13.1 Å². The summed E-state index contributed by atoms with van der Waals surface area (Å²) in [5.74, 6) is 0.0763. The number of aromatic hydroxyl groups is 1. The summed E-state index contributed by atoms with van der Waals surface area (Å²) >= 11 is 0. The van der Waals surface area contributed by atoms with Gasteiger partial charge < -0.3 is 10.1 Å². The van der Waals surface area contributed by atoms with Crippen molar-refractivity contribution >= 4 is 10.9 Å². The molecule has 0 fully saturated rings. The van der Waals surface area contributed by atoms with Crippen molar-refractivity contribution in [2.45, 2.75) is 20.0 Å². The molecule has 0 aliphatic heterocycles. The topological polar surface area (TPSA) is 56.3 Å². The molecule has 0 saturated carbocycles. The lowest BCUT2D eigenvalue weighted by atomic mass is 10.1. The Kier molecular flexibility index (Phi) is 4.17. The number of hydrogen-bond acceptors (Lipinski definition) is 3. The lowest BCUT2D eigenvalue weighted by molar-refractivity contribution is 0.311. The average Bonchev–Trinajstić information content (AvgIpc) is 2.53. The fourth-order valence-electron chi connectivity index (χ4n) is 2.80. The Labute approximate surface area is 135 Å². The van der Waals surface area contributed by atoms with Crippen LogP contribution in [-0.4, -0.2) is 22.0 Å². The Morgan fingerprint density at radius 3 is 2.57 bits per heavy atom. The zero-order valence-corrected chi connectivity index (χ0v) is 13.3. The molecule has 0 aliphatic carbocycles. The highest BCUT2D eigenvalue weighted by Crippen LogP contribution is 2.26. The van der Waals surface area contributed by atoms with Gasteiger partial charge in [-0.05, 0) is 31.7 Å². The second kappa shape index (κ2) is 6.26. The van der Waals surface area contributed by atoms with E-state index in [-0.39, 0.29) is 11.3 Å². The molecule has 0 unspecified atom stereocenters. The Balaban J connectivity index is 1.92. The van der Waals surface area contributed by atoms with E-state index in [1.165, 1.54) is 5.56 Å². The second-order valence-electron chi connectivity index (χ2n) is 5.99. The molecule has 23 heavy (non-hydrogen) atoms. The first-order valence-corrected chi connectivity index (χ1v) is 7.61. The highest BCUT2D eigenvalue weighted by molar-refractivity contribution is 5.86. The van der Waals surface area contributed by atoms with E-state index in [2.05, 4.69) is 4.98 Å². The Bertz CT molecular complexity index is 885. The predicted octanol–water partition coefficient (Wildman–Crippen LogP) is 3.17. The van der Waals surface area contributed by atoms with Crippen molar-refractivity contribution in [2.75, 3.05) is 7.05 Å². The highest BCUT2D eigenvalue weighted by atomic mass is 16.3. The van der Waals surface area contributed by atoms with Gasteiger partial charge in [0, 0.05) is 18.5 Å². The summed E-state index contributed by atoms with van der Waals surface area (Å²) in [6.45, 7) is 3.07. The molecule has 0 radical (unpaired) electrons. The van der Waals surface area contributed by atoms with Gasteiger partial charge in [-0.15, -0.1) is 0 Å². The summed E-state index contributed by atoms with van der Waals surface area (Å²) in [5.41, 5.74) is 3.04. The molecule has 3 rings (SSSR count). The van der Waals surface area contributed by atoms with Gasteiger partial charge >= 0.3 is 0 Å². The van der Waals surface area contributed by atoms with Crippen LogP contribution in [0.4, 0.5) is 0 Å². The minimum atomic E-state index is -0.237. The number of nitrogens with one attached hydrogen (secondary N) is 1. The van der Waals surface area contributed by atoms with Crippen LogP contribution in [0.3, 0.4) is 0 Å². The highest BCUT2D eigenvalue weighted by Gasteiger charge is 2.14. The maximum absolute atomic E-state index is 12.3. The molecular weight excluding hydrogens is 288 g/mol. The van der Waals surface area contributed by atoms with Crippen LogP contribution in [0.1, 0.15) is 16.7 Å². The average molecular weight is 308 g/mol. The van der Waals surface area contributed by atoms with Gasteiger partial charge in [0.25, 0.3) is 5.56 Å². The number of nitrogens with zero attached hydrogens (tertiary/aromatic N) is 1. The van der Waals surface area contributed by atoms with Crippen molar-refractivity contribution in [3.8, 4) is 5.75 Å². The van der Waals surface area contributed by atoms with Crippen LogP contribution in [0.25, 0.3) is 10.9 Å². The molecule has 4 heteroatoms. The molecule has 1 aromatic heterocycles. The number of hydrogen-bond donors (Lipinski definition) is 2. The van der Waals surface area contributed by atoms with Gasteiger partial charge in [0.1, 0.15) is 5.75 Å². The molecule has 1 heterocycles. The van der Waals surface area contributed by atoms with Gasteiger partial charge in [0.2, 0.25) is 0 Å². The number of fused-ring (bicyclic) bond motifs is 1. The van der Waals surface area contributed by atoms with E-state index in [1.54, 1.807) is 0 Å². The Morgan fingerprint density at radius 1 is 1.09 bits per heavy atom. The summed E-state index contributed by atoms with van der Waals surface area (Å²) in [6.07, 6.45) is 0. The summed E-state index contributed by atoms with van der Waals surface area (Å²) in [4.78, 5) is 17.2. The third-order valence-corrected chi connectivity index (χ3v) is 3.96. The van der Waals surface area contributed by atoms with Crippen LogP contribution >= 0.6 is 0 Å². The van der Waals surface area contributed by atoms with Crippen LogP contribution in [0.5, 0.6) is 5.75 Å². The second-order valence-corrected chi connectivity index (χ2v) is 5.99. The molecule has 2 aromatic carbocycles. The van der Waals surface area contributed by atoms with Gasteiger partial charge in [-0.2, -0.15) is 0 Å². The van der Waals surface area contributed by atoms with Gasteiger partial charge in [-0.25, -0.2) is 0 Å². The maximum Gasteiger partial charge on any atom is 0.256 e. The van der Waals surface area contributed by atoms with E-state index in [4.69, 9.17) is 0 Å². The zero-order valence-electron chi connectivity index (χ0n) is 13.3. The Morgan fingerprint density at radius 2 is 1.83 bits per heavy atom. The van der Waals surface area contributed by atoms with E-state index >= 15 is 0 Å². The fraction of sp³-hybridized carbons (Fsp3) is 0.211. The molecular formula is C19H20N2O2. The lowest BCUT2D eigenvalue weighted by Crippen LogP contribution is -2.23. The normalized spacial score (nSPS) is 11.3. The lowest BCUT2D eigenvalue weighted by Gasteiger charge is -2.17. The van der Waals surface area contributed by atoms with Crippen molar-refractivity contribution in [3.63, 3.8) is 0 Å². The number of pyridine rings is 1. The van der Waals surface area contributed by atoms with Gasteiger partial charge in [0.05, 0.1) is 11.1 Å². The largest absolute Gasteiger partial charge is 0.507 e. The van der Waals surface area contributed by atoms with E-state index < -0.39 is 0 Å². The van der Waals surface area contributed by atoms with Gasteiger partial charge in [-0.1, -0.05) is 42.0 Å². The molecule has 0 spiro atoms. The number of rotatable bonds is 4. The number of aromatic amines is 1. The number of H-pyrrole nitrogens is 1. The fourth-order valence-corrected chi connectivity index (χ4v) is 2.80. The zero-order chi connectivity index (χ0) is 16.4. The Hall–Kier alpha value is -2.59. The van der Waals surface area contributed by atoms with Crippen molar-refractivity contribution in [1.29, 1.82) is 0 Å². The van der Waals surface area contributed by atoms with Crippen LogP contribution in [0.2, 0.25) is 0 Å². The summed E-state index contributed by atoms with van der Waals surface area (Å²) in [5, 5.41) is 11.2. The first-order chi connectivity index (χ1) is 11.0. The maximum atomic E-state index is 12.3. The molecule has 0 aliphatic rings. The molecule has 3 aromatic rings. The van der Waals surface area contributed by atoms with Gasteiger partial charge in [0.15, 0.2) is 0 Å². The minimum Gasteiger partial charge on any atom is -0.507 e. The van der Waals surface area contributed by atoms with Crippen molar-refractivity contribution in [2.24, 2.45) is 0 Å². The van der Waals surface area contributed by atoms with Crippen molar-refractivity contribution in [3.05, 3.63) is 75.6 Å². The molecule has 0 atom stereocenters. The van der Waals surface area contributed by atoms with Crippen LogP contribution in [0, 0.1) is 6.92 Å². The molecule has 2 N–H and O–H groups in total. The molecule has 0 amide bonds. The third-order valence-electron chi connectivity index (χ3n) is 3.96. The van der Waals surface area contributed by atoms with E-state index in [9.17, 15) is 9.90 Å². The van der Waals surface area contributed by atoms with Crippen LogP contribution in [0.15, 0.2) is 53.3 Å². The number of benzene rings is 2. The smallest absolute Gasteiger partial charge is 0.256 e. The van der Waals surface area contributed by atoms with Crippen LogP contribution < -0.4 is 5.56 Å². The number of aryl methyl sites for hydroxylation is 1. The van der Waals surface area contributed by atoms with E-state index in [0.29, 0.717) is 29.6 Å². The summed E-state index contributed by atoms with van der Waals surface area (Å²) < 4.78 is 0. The first-order valence-electron chi connectivity index (χ1n) is 7.61. The standard InChI is InChI=1S/C19H20N2O2/c1-13-8-9-17-15(10-13)18(22)16(19(23)20-17)12-21(2)11-14-6-4-3-5-7-14/h3-10H,11-12H2,1-2H3,(H2,20,22,23). The molecule has 0 saturated heterocycles. The van der Waals surface area contributed by atoms with Crippen molar-refractivity contribution < 1.29 is 5.11 Å². The monoisotopic (exact) mass is 308 g/mol. The molecule has 4 nitrogen and oxygen atoms in total. The number of aromatic nitrogens is 1. The SMILES string of the molecule is Cc1ccc2[nH]c(=O)c(CN(C)Cc3ccccc3)c(O)c2c1. The van der Waals surface area contributed by atoms with Gasteiger partial charge in [-0.3, -0.25) is 9.69 Å². The summed E-state index contributed by atoms with van der Waals surface area (Å²) in [7, 11) is 1.94. The van der Waals surface area contributed by atoms with E-state index in [0.717, 1.165) is 5.56 Å². The first kappa shape index (κ1) is 15.3. The summed E-state index contributed by atoms with van der Waals surface area (Å²) in [6, 6.07) is 15.7. The molecule has 0 bridgehead atoms. The van der Waals surface area contributed by atoms with E-state index in [1.807, 2.05) is 67.4 Å². The quantitative estimate of drug-likeness (QED) is 0.778. The third kappa shape index (κ3) is 3.27.